The highest BCUT2D eigenvalue weighted by Gasteiger charge is 2.28. The summed E-state index contributed by atoms with van der Waals surface area (Å²) >= 11 is 0. The molecule has 16 heavy (non-hydrogen) atoms. The van der Waals surface area contributed by atoms with Crippen LogP contribution in [0.15, 0.2) is 0 Å². The van der Waals surface area contributed by atoms with Crippen molar-refractivity contribution in [2.45, 2.75) is 54.0 Å². The van der Waals surface area contributed by atoms with E-state index in [1.165, 1.54) is 0 Å². The van der Waals surface area contributed by atoms with Gasteiger partial charge in [-0.05, 0) is 17.8 Å². The maximum Gasteiger partial charge on any atom is 0.223 e. The van der Waals surface area contributed by atoms with Crippen LogP contribution in [-0.4, -0.2) is 23.7 Å². The van der Waals surface area contributed by atoms with E-state index in [-0.39, 0.29) is 29.9 Å². The average Bonchev–Trinajstić information content (AvgIpc) is 2.13. The number of hydrogen-bond donors (Lipinski definition) is 2. The standard InChI is InChI=1S/C13H27NO2/c1-9(2)7-11(8-15)14-12(16)10(3)13(4,5)6/h9-11,15H,7-8H2,1-6H3,(H,14,16)/t10-,11-/m1/s1. The van der Waals surface area contributed by atoms with E-state index < -0.39 is 0 Å². The Hall–Kier alpha value is -0.570. The second kappa shape index (κ2) is 6.24. The molecule has 0 aromatic rings. The van der Waals surface area contributed by atoms with Gasteiger partial charge in [0.05, 0.1) is 12.6 Å². The fourth-order valence-electron chi connectivity index (χ4n) is 1.47. The third-order valence-electron chi connectivity index (χ3n) is 3.02. The Morgan fingerprint density at radius 3 is 2.06 bits per heavy atom. The van der Waals surface area contributed by atoms with Crippen molar-refractivity contribution in [2.75, 3.05) is 6.61 Å². The van der Waals surface area contributed by atoms with E-state index in [0.29, 0.717) is 5.92 Å². The van der Waals surface area contributed by atoms with Gasteiger partial charge in [0.2, 0.25) is 5.91 Å². The van der Waals surface area contributed by atoms with Gasteiger partial charge in [0.25, 0.3) is 0 Å². The van der Waals surface area contributed by atoms with E-state index in [9.17, 15) is 9.90 Å². The number of hydrogen-bond acceptors (Lipinski definition) is 2. The summed E-state index contributed by atoms with van der Waals surface area (Å²) in [6, 6.07) is -0.114. The maximum atomic E-state index is 11.9. The molecule has 0 aromatic carbocycles. The summed E-state index contributed by atoms with van der Waals surface area (Å²) in [7, 11) is 0. The molecule has 0 aliphatic carbocycles. The molecule has 0 aliphatic heterocycles. The van der Waals surface area contributed by atoms with Crippen molar-refractivity contribution < 1.29 is 9.90 Å². The van der Waals surface area contributed by atoms with E-state index in [4.69, 9.17) is 0 Å². The van der Waals surface area contributed by atoms with Gasteiger partial charge in [-0.1, -0.05) is 41.5 Å². The summed E-state index contributed by atoms with van der Waals surface area (Å²) in [6.07, 6.45) is 0.819. The molecule has 3 heteroatoms. The predicted molar refractivity (Wildman–Crippen MR) is 67.1 cm³/mol. The van der Waals surface area contributed by atoms with Crippen molar-refractivity contribution >= 4 is 5.91 Å². The van der Waals surface area contributed by atoms with Gasteiger partial charge in [-0.25, -0.2) is 0 Å². The van der Waals surface area contributed by atoms with Crippen molar-refractivity contribution in [1.82, 2.24) is 5.32 Å². The summed E-state index contributed by atoms with van der Waals surface area (Å²) in [4.78, 5) is 11.9. The van der Waals surface area contributed by atoms with Crippen LogP contribution in [0, 0.1) is 17.3 Å². The van der Waals surface area contributed by atoms with Gasteiger partial charge in [0.1, 0.15) is 0 Å². The molecular formula is C13H27NO2. The smallest absolute Gasteiger partial charge is 0.223 e. The first-order valence-corrected chi connectivity index (χ1v) is 6.09. The molecule has 0 heterocycles. The first-order valence-electron chi connectivity index (χ1n) is 6.09. The molecular weight excluding hydrogens is 202 g/mol. The molecule has 2 atom stereocenters. The molecule has 0 saturated heterocycles. The van der Waals surface area contributed by atoms with Crippen LogP contribution < -0.4 is 5.32 Å². The van der Waals surface area contributed by atoms with Crippen LogP contribution >= 0.6 is 0 Å². The number of rotatable bonds is 5. The molecule has 2 N–H and O–H groups in total. The Balaban J connectivity index is 4.31. The van der Waals surface area contributed by atoms with Crippen LogP contribution in [0.3, 0.4) is 0 Å². The largest absolute Gasteiger partial charge is 0.394 e. The molecule has 0 fully saturated rings. The monoisotopic (exact) mass is 229 g/mol. The lowest BCUT2D eigenvalue weighted by molar-refractivity contribution is -0.128. The van der Waals surface area contributed by atoms with Crippen LogP contribution in [0.1, 0.15) is 48.0 Å². The number of nitrogens with one attached hydrogen (secondary N) is 1. The van der Waals surface area contributed by atoms with Gasteiger partial charge >= 0.3 is 0 Å². The van der Waals surface area contributed by atoms with Crippen LogP contribution in [0.2, 0.25) is 0 Å². The summed E-state index contributed by atoms with van der Waals surface area (Å²) in [6.45, 7) is 12.3. The summed E-state index contributed by atoms with van der Waals surface area (Å²) < 4.78 is 0. The lowest BCUT2D eigenvalue weighted by Crippen LogP contribution is -2.44. The molecule has 0 saturated carbocycles. The fraction of sp³-hybridized carbons (Fsp3) is 0.923. The van der Waals surface area contributed by atoms with Crippen molar-refractivity contribution in [1.29, 1.82) is 0 Å². The highest BCUT2D eigenvalue weighted by Crippen LogP contribution is 2.25. The van der Waals surface area contributed by atoms with Gasteiger partial charge in [0.15, 0.2) is 0 Å². The van der Waals surface area contributed by atoms with Gasteiger partial charge in [-0.2, -0.15) is 0 Å². The van der Waals surface area contributed by atoms with Gasteiger partial charge in [-0.15, -0.1) is 0 Å². The third kappa shape index (κ3) is 5.50. The lowest BCUT2D eigenvalue weighted by atomic mass is 9.81. The first-order chi connectivity index (χ1) is 7.18. The molecule has 0 radical (unpaired) electrons. The maximum absolute atomic E-state index is 11.9. The molecule has 0 aliphatic rings. The molecule has 0 rings (SSSR count). The Labute approximate surface area is 99.6 Å². The lowest BCUT2D eigenvalue weighted by Gasteiger charge is -2.28. The zero-order valence-electron chi connectivity index (χ0n) is 11.5. The number of carbonyl (C=O) groups is 1. The fourth-order valence-corrected chi connectivity index (χ4v) is 1.47. The minimum atomic E-state index is -0.114. The first kappa shape index (κ1) is 15.4. The number of carbonyl (C=O) groups excluding carboxylic acids is 1. The summed E-state index contributed by atoms with van der Waals surface area (Å²) in [5, 5.41) is 12.1. The molecule has 96 valence electrons. The van der Waals surface area contributed by atoms with Gasteiger partial charge < -0.3 is 10.4 Å². The van der Waals surface area contributed by atoms with Crippen molar-refractivity contribution in [2.24, 2.45) is 17.3 Å². The molecule has 0 unspecified atom stereocenters. The van der Waals surface area contributed by atoms with Gasteiger partial charge in [0, 0.05) is 5.92 Å². The second-order valence-corrected chi connectivity index (χ2v) is 6.11. The van der Waals surface area contributed by atoms with E-state index in [2.05, 4.69) is 19.2 Å². The minimum absolute atomic E-state index is 0.0147. The Morgan fingerprint density at radius 2 is 1.75 bits per heavy atom. The SMILES string of the molecule is CC(C)C[C@H](CO)NC(=O)[C@@H](C)C(C)(C)C. The topological polar surface area (TPSA) is 49.3 Å². The third-order valence-corrected chi connectivity index (χ3v) is 3.02. The van der Waals surface area contributed by atoms with Crippen molar-refractivity contribution in [3.63, 3.8) is 0 Å². The second-order valence-electron chi connectivity index (χ2n) is 6.11. The molecule has 0 spiro atoms. The van der Waals surface area contributed by atoms with Gasteiger partial charge in [-0.3, -0.25) is 4.79 Å². The molecule has 3 nitrogen and oxygen atoms in total. The van der Waals surface area contributed by atoms with Crippen LogP contribution in [0.25, 0.3) is 0 Å². The van der Waals surface area contributed by atoms with Crippen LogP contribution in [0.5, 0.6) is 0 Å². The highest BCUT2D eigenvalue weighted by atomic mass is 16.3. The van der Waals surface area contributed by atoms with E-state index in [1.54, 1.807) is 0 Å². The highest BCUT2D eigenvalue weighted by molar-refractivity contribution is 5.79. The van der Waals surface area contributed by atoms with E-state index >= 15 is 0 Å². The normalized spacial score (nSPS) is 16.0. The van der Waals surface area contributed by atoms with E-state index in [0.717, 1.165) is 6.42 Å². The molecule has 1 amide bonds. The molecule has 0 bridgehead atoms. The Kier molecular flexibility index (Phi) is 6.01. The summed E-state index contributed by atoms with van der Waals surface area (Å²) in [5.41, 5.74) is -0.0398. The quantitative estimate of drug-likeness (QED) is 0.759. The summed E-state index contributed by atoms with van der Waals surface area (Å²) in [5.74, 6) is 0.461. The Bertz CT molecular complexity index is 218. The van der Waals surface area contributed by atoms with Crippen LogP contribution in [0.4, 0.5) is 0 Å². The van der Waals surface area contributed by atoms with E-state index in [1.807, 2.05) is 27.7 Å². The number of aliphatic hydroxyl groups excluding tert-OH is 1. The Morgan fingerprint density at radius 1 is 1.25 bits per heavy atom. The number of amides is 1. The average molecular weight is 229 g/mol. The predicted octanol–water partition coefficient (Wildman–Crippen LogP) is 2.19. The van der Waals surface area contributed by atoms with Crippen molar-refractivity contribution in [3.8, 4) is 0 Å². The zero-order chi connectivity index (χ0) is 12.9. The zero-order valence-corrected chi connectivity index (χ0v) is 11.5. The number of aliphatic hydroxyl groups is 1. The van der Waals surface area contributed by atoms with Crippen LogP contribution in [-0.2, 0) is 4.79 Å². The minimum Gasteiger partial charge on any atom is -0.394 e. The van der Waals surface area contributed by atoms with Crippen molar-refractivity contribution in [3.05, 3.63) is 0 Å². The molecule has 0 aromatic heterocycles.